The van der Waals surface area contributed by atoms with Crippen molar-refractivity contribution in [3.63, 3.8) is 0 Å². The average molecular weight is 510 g/mol. The maximum atomic E-state index is 14.3. The lowest BCUT2D eigenvalue weighted by Gasteiger charge is -2.19. The van der Waals surface area contributed by atoms with Crippen molar-refractivity contribution in [3.05, 3.63) is 75.7 Å². The van der Waals surface area contributed by atoms with Crippen molar-refractivity contribution in [3.8, 4) is 11.5 Å². The molecule has 3 heterocycles. The molecule has 1 unspecified atom stereocenters. The Morgan fingerprint density at radius 2 is 1.92 bits per heavy atom. The fourth-order valence-electron chi connectivity index (χ4n) is 3.70. The molecule has 4 aromatic rings. The molecule has 0 aliphatic rings. The van der Waals surface area contributed by atoms with E-state index in [1.165, 1.54) is 23.9 Å². The number of pyridine rings is 1. The average Bonchev–Trinajstić information content (AvgIpc) is 3.23. The van der Waals surface area contributed by atoms with Gasteiger partial charge < -0.3 is 4.74 Å². The second-order valence-electron chi connectivity index (χ2n) is 8.37. The van der Waals surface area contributed by atoms with Gasteiger partial charge in [-0.25, -0.2) is 32.8 Å². The molecule has 13 heteroatoms. The van der Waals surface area contributed by atoms with E-state index in [0.29, 0.717) is 16.6 Å². The minimum Gasteiger partial charge on any atom is -0.457 e. The smallest absolute Gasteiger partial charge is 0.308 e. The lowest BCUT2D eigenvalue weighted by atomic mass is 10.1. The lowest BCUT2D eigenvalue weighted by molar-refractivity contribution is -0.152. The van der Waals surface area contributed by atoms with E-state index in [9.17, 15) is 18.0 Å². The zero-order valence-corrected chi connectivity index (χ0v) is 20.0. The van der Waals surface area contributed by atoms with Crippen molar-refractivity contribution in [2.75, 3.05) is 0 Å². The van der Waals surface area contributed by atoms with Crippen LogP contribution in [0.25, 0.3) is 33.0 Å². The highest BCUT2D eigenvalue weighted by Gasteiger charge is 2.29. The minimum absolute atomic E-state index is 0.00533. The summed E-state index contributed by atoms with van der Waals surface area (Å²) in [5.74, 6) is -2.27. The molecule has 1 atom stereocenters. The Hall–Kier alpha value is -4.51. The van der Waals surface area contributed by atoms with Crippen LogP contribution < -0.4 is 0 Å². The van der Waals surface area contributed by atoms with Gasteiger partial charge in [-0.15, -0.1) is 0 Å². The van der Waals surface area contributed by atoms with E-state index in [1.54, 1.807) is 44.2 Å². The largest absolute Gasteiger partial charge is 0.457 e. The van der Waals surface area contributed by atoms with Crippen molar-refractivity contribution in [2.45, 2.75) is 39.8 Å². The molecule has 190 valence electrons. The molecule has 1 aromatic carbocycles. The highest BCUT2D eigenvalue weighted by atomic mass is 19.3. The maximum absolute atomic E-state index is 14.3. The highest BCUT2D eigenvalue weighted by molar-refractivity contribution is 5.89. The van der Waals surface area contributed by atoms with E-state index < -0.39 is 41.7 Å². The second kappa shape index (κ2) is 10.6. The number of esters is 1. The van der Waals surface area contributed by atoms with E-state index in [1.807, 2.05) is 0 Å². The normalized spacial score (nSPS) is 12.1. The van der Waals surface area contributed by atoms with Gasteiger partial charge in [0.15, 0.2) is 11.5 Å². The fraction of sp³-hybridized carbons (Fsp3) is 0.292. The summed E-state index contributed by atoms with van der Waals surface area (Å²) in [6.07, 6.45) is -2.82. The van der Waals surface area contributed by atoms with Gasteiger partial charge in [-0.05, 0) is 35.8 Å². The number of ether oxygens (including phenoxy) is 1. The van der Waals surface area contributed by atoms with Gasteiger partial charge in [0.2, 0.25) is 0 Å². The third-order valence-electron chi connectivity index (χ3n) is 5.47. The number of hydrogen-bond acceptors (Lipinski definition) is 7. The lowest BCUT2D eigenvalue weighted by Crippen LogP contribution is -2.17. The van der Waals surface area contributed by atoms with E-state index in [4.69, 9.17) is 10.3 Å². The van der Waals surface area contributed by atoms with Crippen molar-refractivity contribution in [2.24, 2.45) is 11.0 Å². The summed E-state index contributed by atoms with van der Waals surface area (Å²) in [7, 11) is 0. The molecule has 0 aliphatic heterocycles. The first kappa shape index (κ1) is 25.6. The Morgan fingerprint density at radius 3 is 2.59 bits per heavy atom. The molecule has 0 bridgehead atoms. The van der Waals surface area contributed by atoms with Crippen LogP contribution in [0.3, 0.4) is 0 Å². The number of nitrogens with zero attached hydrogens (tertiary/aromatic N) is 8. The van der Waals surface area contributed by atoms with Crippen molar-refractivity contribution in [1.82, 2.24) is 24.7 Å². The number of carbonyl (C=O) groups is 1. The number of hydrogen-bond donors (Lipinski definition) is 0. The molecule has 0 radical (unpaired) electrons. The van der Waals surface area contributed by atoms with Gasteiger partial charge in [-0.1, -0.05) is 32.0 Å². The summed E-state index contributed by atoms with van der Waals surface area (Å²) in [6.45, 7) is 4.55. The van der Waals surface area contributed by atoms with E-state index >= 15 is 0 Å². The number of fused-ring (bicyclic) bond motifs is 1. The molecule has 4 rings (SSSR count). The topological polar surface area (TPSA) is 132 Å². The number of carbonyl (C=O) groups excluding carboxylic acids is 1. The standard InChI is InChI=1S/C24H21F3N8O2/c1-12(2)24(36)37-13(3)17-19(20(26)27)30-22(31-21(17)32-34-28)18-15-8-6-10-29-23(15)35(33-18)11-14-7-4-5-9-16(14)25/h4-10,12-13,20H,11H2,1-3H3. The summed E-state index contributed by atoms with van der Waals surface area (Å²) in [5.41, 5.74) is 8.78. The summed E-state index contributed by atoms with van der Waals surface area (Å²) < 4.78 is 49.4. The molecule has 0 N–H and O–H groups in total. The van der Waals surface area contributed by atoms with Gasteiger partial charge in [0.25, 0.3) is 6.43 Å². The van der Waals surface area contributed by atoms with Gasteiger partial charge in [-0.2, -0.15) is 5.10 Å². The SMILES string of the molecule is CC(C)C(=O)OC(C)c1c(N=[N+]=[N-])nc(-c2nn(Cc3ccccc3F)c3ncccc23)nc1C(F)F. The first-order valence-electron chi connectivity index (χ1n) is 11.2. The number of aromatic nitrogens is 5. The number of azide groups is 1. The molecular weight excluding hydrogens is 489 g/mol. The first-order valence-corrected chi connectivity index (χ1v) is 11.2. The number of halogens is 3. The molecule has 0 spiro atoms. The van der Waals surface area contributed by atoms with Crippen LogP contribution in [0.15, 0.2) is 47.7 Å². The third kappa shape index (κ3) is 5.21. The monoisotopic (exact) mass is 510 g/mol. The van der Waals surface area contributed by atoms with Crippen LogP contribution in [-0.4, -0.2) is 30.7 Å². The Morgan fingerprint density at radius 1 is 1.16 bits per heavy atom. The Labute approximate surface area is 208 Å². The van der Waals surface area contributed by atoms with Crippen LogP contribution >= 0.6 is 0 Å². The molecule has 10 nitrogen and oxygen atoms in total. The van der Waals surface area contributed by atoms with Gasteiger partial charge >= 0.3 is 5.97 Å². The zero-order chi connectivity index (χ0) is 26.7. The quantitative estimate of drug-likeness (QED) is 0.120. The number of benzene rings is 1. The molecule has 0 amide bonds. The van der Waals surface area contributed by atoms with E-state index in [2.05, 4.69) is 30.1 Å². The Bertz CT molecular complexity index is 1520. The summed E-state index contributed by atoms with van der Waals surface area (Å²) in [5, 5.41) is 8.34. The van der Waals surface area contributed by atoms with Crippen molar-refractivity contribution in [1.29, 1.82) is 0 Å². The molecule has 0 fully saturated rings. The molecule has 0 saturated carbocycles. The first-order chi connectivity index (χ1) is 17.7. The third-order valence-corrected chi connectivity index (χ3v) is 5.47. The highest BCUT2D eigenvalue weighted by Crippen LogP contribution is 2.37. The fourth-order valence-corrected chi connectivity index (χ4v) is 3.70. The Kier molecular flexibility index (Phi) is 7.35. The number of alkyl halides is 2. The molecule has 3 aromatic heterocycles. The van der Waals surface area contributed by atoms with Crippen LogP contribution in [0.4, 0.5) is 19.0 Å². The number of rotatable bonds is 8. The predicted octanol–water partition coefficient (Wildman–Crippen LogP) is 6.22. The van der Waals surface area contributed by atoms with Crippen LogP contribution in [0, 0.1) is 11.7 Å². The van der Waals surface area contributed by atoms with E-state index in [-0.39, 0.29) is 23.6 Å². The van der Waals surface area contributed by atoms with Crippen LogP contribution in [-0.2, 0) is 16.1 Å². The summed E-state index contributed by atoms with van der Waals surface area (Å²) in [4.78, 5) is 27.3. The van der Waals surface area contributed by atoms with E-state index in [0.717, 1.165) is 0 Å². The van der Waals surface area contributed by atoms with Gasteiger partial charge in [-0.3, -0.25) is 4.79 Å². The van der Waals surface area contributed by atoms with Crippen molar-refractivity contribution >= 4 is 22.8 Å². The van der Waals surface area contributed by atoms with Crippen LogP contribution in [0.2, 0.25) is 0 Å². The van der Waals surface area contributed by atoms with Crippen LogP contribution in [0.5, 0.6) is 0 Å². The summed E-state index contributed by atoms with van der Waals surface area (Å²) in [6, 6.07) is 9.39. The molecule has 0 saturated heterocycles. The minimum atomic E-state index is -3.12. The van der Waals surface area contributed by atoms with Gasteiger partial charge in [0, 0.05) is 22.2 Å². The molecule has 37 heavy (non-hydrogen) atoms. The maximum Gasteiger partial charge on any atom is 0.308 e. The summed E-state index contributed by atoms with van der Waals surface area (Å²) >= 11 is 0. The predicted molar refractivity (Wildman–Crippen MR) is 127 cm³/mol. The second-order valence-corrected chi connectivity index (χ2v) is 8.37. The Balaban J connectivity index is 1.89. The van der Waals surface area contributed by atoms with Crippen LogP contribution in [0.1, 0.15) is 50.1 Å². The van der Waals surface area contributed by atoms with Crippen molar-refractivity contribution < 1.29 is 22.7 Å². The zero-order valence-electron chi connectivity index (χ0n) is 20.0. The van der Waals surface area contributed by atoms with Gasteiger partial charge in [0.1, 0.15) is 29.1 Å². The molecule has 0 aliphatic carbocycles. The molecular formula is C24H21F3N8O2. The van der Waals surface area contributed by atoms with Gasteiger partial charge in [0.05, 0.1) is 17.8 Å².